The summed E-state index contributed by atoms with van der Waals surface area (Å²) in [7, 11) is 0. The van der Waals surface area contributed by atoms with Crippen LogP contribution in [0.15, 0.2) is 0 Å². The van der Waals surface area contributed by atoms with E-state index in [-0.39, 0.29) is 5.92 Å². The Morgan fingerprint density at radius 1 is 0.300 bits per heavy atom. The van der Waals surface area contributed by atoms with Gasteiger partial charge in [0.15, 0.2) is 0 Å². The van der Waals surface area contributed by atoms with E-state index in [0.29, 0.717) is 0 Å². The van der Waals surface area contributed by atoms with Crippen molar-refractivity contribution < 1.29 is 112 Å². The first-order chi connectivity index (χ1) is 28.3. The second-order valence-corrected chi connectivity index (χ2v) is 13.6. The van der Waals surface area contributed by atoms with Crippen LogP contribution < -0.4 is 0 Å². The predicted octanol–water partition coefficient (Wildman–Crippen LogP) is -5.35. The molecule has 0 aliphatic heterocycles. The molecule has 0 bridgehead atoms. The van der Waals surface area contributed by atoms with Crippen LogP contribution in [0.25, 0.3) is 0 Å². The first-order valence-corrected chi connectivity index (χ1v) is 20.4. The van der Waals surface area contributed by atoms with Gasteiger partial charge in [-0.3, -0.25) is 4.79 Å². The zero-order valence-corrected chi connectivity index (χ0v) is 35.6. The molecule has 22 nitrogen and oxygen atoms in total. The number of carboxylic acids is 1. The monoisotopic (exact) mass is 895 g/mol. The third kappa shape index (κ3) is 51.0. The molecular formula is C38H86O22. The Bertz CT molecular complexity index is 673. The van der Waals surface area contributed by atoms with E-state index in [1.165, 1.54) is 64.2 Å². The van der Waals surface area contributed by atoms with E-state index in [0.717, 1.165) is 25.7 Å². The lowest BCUT2D eigenvalue weighted by molar-refractivity contribution is -0.142. The van der Waals surface area contributed by atoms with Gasteiger partial charge in [0.2, 0.25) is 0 Å². The van der Waals surface area contributed by atoms with E-state index in [2.05, 4.69) is 13.8 Å². The smallest absolute Gasteiger partial charge is 0.306 e. The lowest BCUT2D eigenvalue weighted by Crippen LogP contribution is -2.31. The molecule has 0 amide bonds. The number of aliphatic carboxylic acids is 1. The Morgan fingerprint density at radius 2 is 0.450 bits per heavy atom. The summed E-state index contributed by atoms with van der Waals surface area (Å²) < 4.78 is 0. The molecule has 0 saturated carbocycles. The summed E-state index contributed by atoms with van der Waals surface area (Å²) in [5.74, 6) is -0.668. The Labute approximate surface area is 354 Å². The van der Waals surface area contributed by atoms with Crippen LogP contribution in [0.4, 0.5) is 0 Å². The standard InChI is InChI=1S/C18H36O2.5C4H10O4/c1-3-5-7-9-10-12-14-16-17(18(19)20)15-13-11-8-6-4-2;5*5-1-3(7)4(8)2-6/h17H,3-16H2,1-2H3,(H,19,20);5*3-8H,1-2H2/t;5*3-,4+. The second-order valence-electron chi connectivity index (χ2n) is 13.6. The lowest BCUT2D eigenvalue weighted by atomic mass is 9.94. The molecule has 1 unspecified atom stereocenters. The minimum Gasteiger partial charge on any atom is -0.481 e. The van der Waals surface area contributed by atoms with Crippen LogP contribution >= 0.6 is 0 Å². The number of aliphatic hydroxyl groups excluding tert-OH is 20. The van der Waals surface area contributed by atoms with E-state index >= 15 is 0 Å². The van der Waals surface area contributed by atoms with E-state index in [1.54, 1.807) is 0 Å². The van der Waals surface area contributed by atoms with Crippen molar-refractivity contribution in [2.24, 2.45) is 5.92 Å². The molecule has 0 aliphatic rings. The van der Waals surface area contributed by atoms with Gasteiger partial charge in [0.25, 0.3) is 0 Å². The van der Waals surface area contributed by atoms with Gasteiger partial charge in [-0.1, -0.05) is 90.9 Å². The lowest BCUT2D eigenvalue weighted by Gasteiger charge is -2.12. The van der Waals surface area contributed by atoms with Gasteiger partial charge in [-0.05, 0) is 12.8 Å². The molecule has 0 fully saturated rings. The molecule has 0 aromatic carbocycles. The second kappa shape index (κ2) is 53.8. The van der Waals surface area contributed by atoms with Crippen LogP contribution in [0.3, 0.4) is 0 Å². The van der Waals surface area contributed by atoms with Gasteiger partial charge in [-0.2, -0.15) is 0 Å². The minimum atomic E-state index is -1.22. The third-order valence-electron chi connectivity index (χ3n) is 8.25. The molecule has 0 aromatic rings. The van der Waals surface area contributed by atoms with Gasteiger partial charge >= 0.3 is 5.97 Å². The molecular weight excluding hydrogens is 808 g/mol. The Balaban J connectivity index is -0.000000155. The average Bonchev–Trinajstić information content (AvgIpc) is 3.28. The Morgan fingerprint density at radius 3 is 0.583 bits per heavy atom. The molecule has 0 heterocycles. The maximum Gasteiger partial charge on any atom is 0.306 e. The number of carboxylic acid groups (broad SMARTS) is 1. The highest BCUT2D eigenvalue weighted by atomic mass is 16.4. The number of hydrogen-bond acceptors (Lipinski definition) is 21. The minimum absolute atomic E-state index is 0.0905. The van der Waals surface area contributed by atoms with E-state index in [9.17, 15) is 9.90 Å². The predicted molar refractivity (Wildman–Crippen MR) is 218 cm³/mol. The van der Waals surface area contributed by atoms with E-state index in [4.69, 9.17) is 102 Å². The topological polar surface area (TPSA) is 442 Å². The van der Waals surface area contributed by atoms with Gasteiger partial charge in [0.1, 0.15) is 61.0 Å². The molecule has 0 spiro atoms. The van der Waals surface area contributed by atoms with Crippen LogP contribution in [0.2, 0.25) is 0 Å². The van der Waals surface area contributed by atoms with Gasteiger partial charge in [0, 0.05) is 0 Å². The van der Waals surface area contributed by atoms with Gasteiger partial charge < -0.3 is 107 Å². The summed E-state index contributed by atoms with van der Waals surface area (Å²) >= 11 is 0. The summed E-state index contributed by atoms with van der Waals surface area (Å²) in [6.07, 6.45) is 4.53. The van der Waals surface area contributed by atoms with Crippen molar-refractivity contribution >= 4 is 5.97 Å². The van der Waals surface area contributed by atoms with Crippen molar-refractivity contribution in [1.29, 1.82) is 0 Å². The van der Waals surface area contributed by atoms with Crippen molar-refractivity contribution in [2.75, 3.05) is 66.1 Å². The van der Waals surface area contributed by atoms with Crippen molar-refractivity contribution in [3.8, 4) is 0 Å². The molecule has 0 saturated heterocycles. The SMILES string of the molecule is CCCCCCCCCC(CCCCCCC)C(=O)O.OC[C@@H](O)[C@@H](O)CO.OC[C@@H](O)[C@@H](O)CO.OC[C@@H](O)[C@@H](O)CO.OC[C@@H](O)[C@@H](O)CO.OC[C@@H](O)[C@@H](O)CO. The average molecular weight is 895 g/mol. The van der Waals surface area contributed by atoms with Gasteiger partial charge in [0.05, 0.1) is 72.0 Å². The molecule has 0 aliphatic carbocycles. The number of rotatable bonds is 30. The van der Waals surface area contributed by atoms with Crippen LogP contribution in [0.1, 0.15) is 104 Å². The van der Waals surface area contributed by atoms with Crippen molar-refractivity contribution in [2.45, 2.75) is 165 Å². The highest BCUT2D eigenvalue weighted by Crippen LogP contribution is 2.19. The Hall–Kier alpha value is -1.33. The number of carbonyl (C=O) groups is 1. The van der Waals surface area contributed by atoms with Gasteiger partial charge in [-0.15, -0.1) is 0 Å². The fourth-order valence-electron chi connectivity index (χ4n) is 3.95. The third-order valence-corrected chi connectivity index (χ3v) is 8.25. The molecule has 370 valence electrons. The number of hydrogen-bond donors (Lipinski definition) is 21. The first-order valence-electron chi connectivity index (χ1n) is 20.4. The molecule has 0 rings (SSSR count). The molecule has 60 heavy (non-hydrogen) atoms. The molecule has 0 radical (unpaired) electrons. The highest BCUT2D eigenvalue weighted by molar-refractivity contribution is 5.69. The maximum atomic E-state index is 11.2. The highest BCUT2D eigenvalue weighted by Gasteiger charge is 2.17. The zero-order chi connectivity index (χ0) is 47.9. The summed E-state index contributed by atoms with van der Waals surface area (Å²) in [6.45, 7) is -0.818. The molecule has 22 heteroatoms. The van der Waals surface area contributed by atoms with Crippen molar-refractivity contribution in [3.05, 3.63) is 0 Å². The van der Waals surface area contributed by atoms with Crippen LogP contribution in [-0.4, -0.2) is 240 Å². The largest absolute Gasteiger partial charge is 0.481 e. The normalized spacial score (nSPS) is 16.2. The van der Waals surface area contributed by atoms with Crippen LogP contribution in [-0.2, 0) is 4.79 Å². The maximum absolute atomic E-state index is 11.2. The zero-order valence-electron chi connectivity index (χ0n) is 35.6. The first kappa shape index (κ1) is 70.3. The number of unbranched alkanes of at least 4 members (excludes halogenated alkanes) is 10. The summed E-state index contributed by atoms with van der Waals surface area (Å²) in [5.41, 5.74) is 0. The Kier molecular flexibility index (Phi) is 63.1. The summed E-state index contributed by atoms with van der Waals surface area (Å²) in [5, 5.41) is 175. The van der Waals surface area contributed by atoms with Crippen LogP contribution in [0.5, 0.6) is 0 Å². The van der Waals surface area contributed by atoms with Crippen LogP contribution in [0, 0.1) is 5.92 Å². The quantitative estimate of drug-likeness (QED) is 0.0299. The molecule has 0 aromatic heterocycles. The van der Waals surface area contributed by atoms with E-state index in [1.807, 2.05) is 0 Å². The summed E-state index contributed by atoms with van der Waals surface area (Å²) in [6, 6.07) is 0. The number of aliphatic hydroxyl groups is 20. The molecule has 11 atom stereocenters. The van der Waals surface area contributed by atoms with Crippen molar-refractivity contribution in [1.82, 2.24) is 0 Å². The fourth-order valence-corrected chi connectivity index (χ4v) is 3.95. The summed E-state index contributed by atoms with van der Waals surface area (Å²) in [4.78, 5) is 11.2. The van der Waals surface area contributed by atoms with Crippen molar-refractivity contribution in [3.63, 3.8) is 0 Å². The fraction of sp³-hybridized carbons (Fsp3) is 0.974. The van der Waals surface area contributed by atoms with E-state index < -0.39 is 133 Å². The van der Waals surface area contributed by atoms with Gasteiger partial charge in [-0.25, -0.2) is 0 Å². The molecule has 21 N–H and O–H groups in total.